The van der Waals surface area contributed by atoms with Gasteiger partial charge in [0.2, 0.25) is 0 Å². The van der Waals surface area contributed by atoms with Crippen LogP contribution in [0.3, 0.4) is 0 Å². The van der Waals surface area contributed by atoms with Crippen LogP contribution in [0.2, 0.25) is 0 Å². The fourth-order valence-corrected chi connectivity index (χ4v) is 6.60. The van der Waals surface area contributed by atoms with Gasteiger partial charge in [-0.3, -0.25) is 4.90 Å². The zero-order valence-corrected chi connectivity index (χ0v) is 17.1. The number of hydrogen-bond donors (Lipinski definition) is 0. The number of anilines is 1. The van der Waals surface area contributed by atoms with Crippen molar-refractivity contribution in [1.82, 2.24) is 4.90 Å². The summed E-state index contributed by atoms with van der Waals surface area (Å²) in [6, 6.07) is 6.76. The Balaban J connectivity index is 1.84. The van der Waals surface area contributed by atoms with Crippen molar-refractivity contribution in [2.75, 3.05) is 39.3 Å². The molecule has 1 fully saturated rings. The summed E-state index contributed by atoms with van der Waals surface area (Å²) in [6.07, 6.45) is 7.46. The largest absolute Gasteiger partial charge is 0.497 e. The molecule has 3 atom stereocenters. The highest BCUT2D eigenvalue weighted by molar-refractivity contribution is 5.93. The maximum absolute atomic E-state index is 13.0. The highest BCUT2D eigenvalue weighted by Gasteiger charge is 2.66. The van der Waals surface area contributed by atoms with Gasteiger partial charge in [0, 0.05) is 49.0 Å². The minimum atomic E-state index is -0.190. The van der Waals surface area contributed by atoms with Crippen molar-refractivity contribution < 1.29 is 14.3 Å². The number of carbonyl (C=O) groups is 1. The van der Waals surface area contributed by atoms with Crippen LogP contribution in [-0.4, -0.2) is 51.3 Å². The molecule has 28 heavy (non-hydrogen) atoms. The van der Waals surface area contributed by atoms with Crippen molar-refractivity contribution in [1.29, 1.82) is 0 Å². The summed E-state index contributed by atoms with van der Waals surface area (Å²) in [4.78, 5) is 17.8. The number of methoxy groups -OCH3 is 2. The van der Waals surface area contributed by atoms with Gasteiger partial charge >= 0.3 is 5.97 Å². The van der Waals surface area contributed by atoms with E-state index >= 15 is 0 Å². The number of rotatable bonds is 3. The lowest BCUT2D eigenvalue weighted by Crippen LogP contribution is -2.58. The Hall–Kier alpha value is -2.27. The van der Waals surface area contributed by atoms with E-state index in [9.17, 15) is 4.79 Å². The van der Waals surface area contributed by atoms with Gasteiger partial charge < -0.3 is 14.4 Å². The molecule has 0 aromatic heterocycles. The molecule has 0 saturated carbocycles. The first-order valence-corrected chi connectivity index (χ1v) is 10.2. The molecular formula is C23H28N2O3. The number of benzene rings is 1. The summed E-state index contributed by atoms with van der Waals surface area (Å²) in [7, 11) is 5.29. The van der Waals surface area contributed by atoms with Gasteiger partial charge in [-0.05, 0) is 30.9 Å². The average Bonchev–Trinajstić information content (AvgIpc) is 3.24. The van der Waals surface area contributed by atoms with Crippen LogP contribution in [0, 0.1) is 5.41 Å². The van der Waals surface area contributed by atoms with Gasteiger partial charge in [0.25, 0.3) is 0 Å². The molecule has 1 spiro atoms. The number of fused-ring (bicyclic) bond motifs is 1. The second-order valence-electron chi connectivity index (χ2n) is 8.55. The minimum Gasteiger partial charge on any atom is -0.497 e. The van der Waals surface area contributed by atoms with Gasteiger partial charge in [-0.15, -0.1) is 0 Å². The van der Waals surface area contributed by atoms with Crippen LogP contribution in [0.25, 0.3) is 0 Å². The Bertz CT molecular complexity index is 920. The van der Waals surface area contributed by atoms with Crippen molar-refractivity contribution in [3.8, 4) is 5.75 Å². The SMILES string of the molecule is CCC12C=CCN3CCC4(C(=C(C(=O)OC)C1)N(C)c1cc(OC)ccc14)C32. The molecule has 0 N–H and O–H groups in total. The molecule has 0 amide bonds. The minimum absolute atomic E-state index is 0.0375. The molecule has 1 saturated heterocycles. The number of likely N-dealkylation sites (N-methyl/N-ethyl adjacent to an activating group) is 1. The molecule has 1 aromatic carbocycles. The number of hydrogen-bond acceptors (Lipinski definition) is 5. The van der Waals surface area contributed by atoms with E-state index < -0.39 is 0 Å². The summed E-state index contributed by atoms with van der Waals surface area (Å²) in [5.41, 5.74) is 4.26. The maximum Gasteiger partial charge on any atom is 0.335 e. The summed E-state index contributed by atoms with van der Waals surface area (Å²) in [5.74, 6) is 0.658. The van der Waals surface area contributed by atoms with E-state index in [1.54, 1.807) is 7.11 Å². The summed E-state index contributed by atoms with van der Waals surface area (Å²) in [6.45, 7) is 4.30. The fraction of sp³-hybridized carbons (Fsp3) is 0.522. The van der Waals surface area contributed by atoms with Crippen LogP contribution in [-0.2, 0) is 14.9 Å². The van der Waals surface area contributed by atoms with Crippen molar-refractivity contribution in [2.45, 2.75) is 37.6 Å². The molecule has 0 radical (unpaired) electrons. The van der Waals surface area contributed by atoms with Crippen molar-refractivity contribution in [2.24, 2.45) is 5.41 Å². The van der Waals surface area contributed by atoms with Crippen LogP contribution >= 0.6 is 0 Å². The molecule has 3 aliphatic heterocycles. The molecular weight excluding hydrogens is 352 g/mol. The molecule has 5 heteroatoms. The third-order valence-electron chi connectivity index (χ3n) is 7.65. The van der Waals surface area contributed by atoms with Crippen molar-refractivity contribution in [3.63, 3.8) is 0 Å². The van der Waals surface area contributed by atoms with E-state index in [-0.39, 0.29) is 16.8 Å². The molecule has 1 aliphatic carbocycles. The van der Waals surface area contributed by atoms with E-state index in [0.717, 1.165) is 55.1 Å². The molecule has 5 nitrogen and oxygen atoms in total. The molecule has 3 unspecified atom stereocenters. The smallest absolute Gasteiger partial charge is 0.335 e. The number of esters is 1. The Labute approximate surface area is 166 Å². The van der Waals surface area contributed by atoms with Gasteiger partial charge in [-0.25, -0.2) is 4.79 Å². The predicted molar refractivity (Wildman–Crippen MR) is 109 cm³/mol. The topological polar surface area (TPSA) is 42.0 Å². The zero-order chi connectivity index (χ0) is 19.7. The Morgan fingerprint density at radius 3 is 2.86 bits per heavy atom. The first-order valence-electron chi connectivity index (χ1n) is 10.2. The van der Waals surface area contributed by atoms with Crippen molar-refractivity contribution in [3.05, 3.63) is 47.2 Å². The van der Waals surface area contributed by atoms with Gasteiger partial charge in [0.05, 0.1) is 25.2 Å². The average molecular weight is 380 g/mol. The number of ether oxygens (including phenoxy) is 2. The lowest BCUT2D eigenvalue weighted by Gasteiger charge is -2.54. The van der Waals surface area contributed by atoms with Gasteiger partial charge in [0.1, 0.15) is 5.75 Å². The van der Waals surface area contributed by atoms with Crippen LogP contribution in [0.5, 0.6) is 5.75 Å². The molecule has 5 rings (SSSR count). The Morgan fingerprint density at radius 2 is 2.14 bits per heavy atom. The zero-order valence-electron chi connectivity index (χ0n) is 17.1. The van der Waals surface area contributed by atoms with Gasteiger partial charge in [-0.2, -0.15) is 0 Å². The van der Waals surface area contributed by atoms with E-state index in [1.807, 2.05) is 0 Å². The lowest BCUT2D eigenvalue weighted by atomic mass is 9.55. The number of carbonyl (C=O) groups excluding carboxylic acids is 1. The van der Waals surface area contributed by atoms with Gasteiger partial charge in [-0.1, -0.05) is 25.1 Å². The number of nitrogens with zero attached hydrogens (tertiary/aromatic N) is 2. The molecule has 4 aliphatic rings. The monoisotopic (exact) mass is 380 g/mol. The van der Waals surface area contributed by atoms with E-state index in [0.29, 0.717) is 6.04 Å². The summed E-state index contributed by atoms with van der Waals surface area (Å²) in [5, 5.41) is 0. The molecule has 148 valence electrons. The van der Waals surface area contributed by atoms with Gasteiger partial charge in [0.15, 0.2) is 0 Å². The van der Waals surface area contributed by atoms with E-state index in [1.165, 1.54) is 12.7 Å². The van der Waals surface area contributed by atoms with E-state index in [4.69, 9.17) is 9.47 Å². The summed E-state index contributed by atoms with van der Waals surface area (Å²) < 4.78 is 10.8. The fourth-order valence-electron chi connectivity index (χ4n) is 6.60. The first kappa shape index (κ1) is 17.8. The Kier molecular flexibility index (Phi) is 3.73. The summed E-state index contributed by atoms with van der Waals surface area (Å²) >= 11 is 0. The molecule has 3 heterocycles. The third kappa shape index (κ3) is 1.93. The second kappa shape index (κ2) is 5.86. The first-order chi connectivity index (χ1) is 13.5. The quantitative estimate of drug-likeness (QED) is 0.595. The maximum atomic E-state index is 13.0. The molecule has 1 aromatic rings. The third-order valence-corrected chi connectivity index (χ3v) is 7.65. The van der Waals surface area contributed by atoms with Crippen LogP contribution in [0.4, 0.5) is 5.69 Å². The second-order valence-corrected chi connectivity index (χ2v) is 8.55. The van der Waals surface area contributed by atoms with Crippen molar-refractivity contribution >= 4 is 11.7 Å². The standard InChI is InChI=1S/C23H28N2O3/c1-5-22-9-6-11-25-12-10-23(21(22)25)17-8-7-15(27-3)13-18(17)24(2)19(23)16(14-22)20(26)28-4/h6-9,13,21H,5,10-12,14H2,1-4H3. The highest BCUT2D eigenvalue weighted by Crippen LogP contribution is 2.65. The molecule has 0 bridgehead atoms. The van der Waals surface area contributed by atoms with Crippen LogP contribution in [0.15, 0.2) is 41.6 Å². The predicted octanol–water partition coefficient (Wildman–Crippen LogP) is 3.25. The van der Waals surface area contributed by atoms with Crippen LogP contribution < -0.4 is 9.64 Å². The normalized spacial score (nSPS) is 32.9. The lowest BCUT2D eigenvalue weighted by molar-refractivity contribution is -0.137. The Morgan fingerprint density at radius 1 is 1.32 bits per heavy atom. The van der Waals surface area contributed by atoms with Crippen LogP contribution in [0.1, 0.15) is 31.7 Å². The van der Waals surface area contributed by atoms with E-state index in [2.05, 4.69) is 54.1 Å². The highest BCUT2D eigenvalue weighted by atomic mass is 16.5.